The number of hydrogen-bond donors (Lipinski definition) is 3. The van der Waals surface area contributed by atoms with Gasteiger partial charge in [0.1, 0.15) is 0 Å². The Hall–Kier alpha value is -0.915. The van der Waals surface area contributed by atoms with Gasteiger partial charge in [-0.05, 0) is 53.4 Å². The largest absolute Gasteiger partial charge is 0.631 e. The van der Waals surface area contributed by atoms with E-state index in [4.69, 9.17) is 15.1 Å². The van der Waals surface area contributed by atoms with Crippen molar-refractivity contribution in [2.45, 2.75) is 0 Å². The molecule has 3 nitrogen and oxygen atoms in total. The molecule has 0 aliphatic rings. The fourth-order valence-corrected chi connectivity index (χ4v) is 3.41. The molecule has 0 saturated heterocycles. The number of halogens is 2. The summed E-state index contributed by atoms with van der Waals surface area (Å²) in [6, 6.07) is 16.8. The second-order valence-electron chi connectivity index (χ2n) is 4.07. The molecular weight excluding hydrogens is 387 g/mol. The second kappa shape index (κ2) is 6.69. The Labute approximate surface area is 133 Å². The third kappa shape index (κ3) is 3.21. The van der Waals surface area contributed by atoms with Crippen LogP contribution in [0, 0.1) is 0 Å². The van der Waals surface area contributed by atoms with E-state index in [0.29, 0.717) is 0 Å². The Bertz CT molecular complexity index is 627. The van der Waals surface area contributed by atoms with Crippen molar-refractivity contribution >= 4 is 60.7 Å². The van der Waals surface area contributed by atoms with Crippen LogP contribution in [0.1, 0.15) is 0 Å². The van der Waals surface area contributed by atoms with Crippen molar-refractivity contribution in [3.63, 3.8) is 0 Å². The molecule has 0 amide bonds. The summed E-state index contributed by atoms with van der Waals surface area (Å²) in [7, 11) is -2.17. The van der Waals surface area contributed by atoms with Gasteiger partial charge in [-0.2, -0.15) is 0 Å². The van der Waals surface area contributed by atoms with Crippen LogP contribution in [0.4, 0.5) is 0 Å². The molecule has 3 N–H and O–H groups in total. The van der Waals surface area contributed by atoms with Gasteiger partial charge in [-0.3, -0.25) is 0 Å². The lowest BCUT2D eigenvalue weighted by molar-refractivity contribution is 0.278. The predicted molar refractivity (Wildman–Crippen MR) is 89.3 cm³/mol. The lowest BCUT2D eigenvalue weighted by Gasteiger charge is -2.09. The Morgan fingerprint density at radius 2 is 0.800 bits per heavy atom. The van der Waals surface area contributed by atoms with Crippen molar-refractivity contribution < 1.29 is 15.1 Å². The molecular formula is C14H11BBr2O3. The average Bonchev–Trinajstić information content (AvgIpc) is 2.44. The third-order valence-corrected chi connectivity index (χ3v) is 4.51. The van der Waals surface area contributed by atoms with Crippen molar-refractivity contribution in [2.24, 2.45) is 0 Å². The first-order valence-electron chi connectivity index (χ1n) is 5.81. The van der Waals surface area contributed by atoms with Gasteiger partial charge in [0.15, 0.2) is 0 Å². The second-order valence-corrected chi connectivity index (χ2v) is 5.65. The monoisotopic (exact) mass is 396 g/mol. The summed E-state index contributed by atoms with van der Waals surface area (Å²) in [5, 5.41) is 26.5. The smallest absolute Gasteiger partial charge is 0.402 e. The zero-order valence-electron chi connectivity index (χ0n) is 10.3. The van der Waals surface area contributed by atoms with Crippen LogP contribution in [0.2, 0.25) is 0 Å². The minimum Gasteiger partial charge on any atom is -0.402 e. The maximum atomic E-state index is 7.17. The summed E-state index contributed by atoms with van der Waals surface area (Å²) in [5.74, 6) is 0. The van der Waals surface area contributed by atoms with Crippen LogP contribution in [0.25, 0.3) is 21.5 Å². The maximum Gasteiger partial charge on any atom is 0.631 e. The molecule has 3 rings (SSSR count). The minimum atomic E-state index is -2.17. The molecule has 0 aliphatic carbocycles. The minimum absolute atomic E-state index is 1.17. The fourth-order valence-electron chi connectivity index (χ4n) is 2.02. The van der Waals surface area contributed by atoms with Crippen LogP contribution in [-0.4, -0.2) is 22.4 Å². The number of fused-ring (bicyclic) bond motifs is 2. The molecule has 102 valence electrons. The predicted octanol–water partition coefficient (Wildman–Crippen LogP) is 3.47. The third-order valence-electron chi connectivity index (χ3n) is 2.80. The van der Waals surface area contributed by atoms with E-state index in [1.54, 1.807) is 0 Å². The average molecular weight is 398 g/mol. The highest BCUT2D eigenvalue weighted by atomic mass is 79.9. The standard InChI is InChI=1S/C14H8Br2.BH3O3/c15-13-9-5-1-2-6-10(9)14(16)12-8-4-3-7-11(12)13;2-1(3)4/h1-8H;2-4H. The quantitative estimate of drug-likeness (QED) is 0.402. The highest BCUT2D eigenvalue weighted by Crippen LogP contribution is 2.38. The molecule has 0 aliphatic heterocycles. The molecule has 6 heteroatoms. The van der Waals surface area contributed by atoms with Gasteiger partial charge in [0.25, 0.3) is 0 Å². The molecule has 0 spiro atoms. The van der Waals surface area contributed by atoms with Crippen molar-refractivity contribution in [1.82, 2.24) is 0 Å². The van der Waals surface area contributed by atoms with Crippen LogP contribution >= 0.6 is 31.9 Å². The summed E-state index contributed by atoms with van der Waals surface area (Å²) in [6.45, 7) is 0. The van der Waals surface area contributed by atoms with Crippen molar-refractivity contribution in [3.8, 4) is 0 Å². The lowest BCUT2D eigenvalue weighted by Crippen LogP contribution is -2.07. The van der Waals surface area contributed by atoms with Gasteiger partial charge in [-0.1, -0.05) is 48.5 Å². The Kier molecular flexibility index (Phi) is 5.18. The first-order chi connectivity index (χ1) is 9.52. The van der Waals surface area contributed by atoms with Crippen LogP contribution < -0.4 is 0 Å². The summed E-state index contributed by atoms with van der Waals surface area (Å²) in [4.78, 5) is 0. The normalized spacial score (nSPS) is 10.2. The Morgan fingerprint density at radius 1 is 0.600 bits per heavy atom. The fraction of sp³-hybridized carbons (Fsp3) is 0. The van der Waals surface area contributed by atoms with Crippen molar-refractivity contribution in [3.05, 3.63) is 57.5 Å². The van der Waals surface area contributed by atoms with Gasteiger partial charge in [0.05, 0.1) is 0 Å². The summed E-state index contributed by atoms with van der Waals surface area (Å²) in [5.41, 5.74) is 0. The van der Waals surface area contributed by atoms with Crippen LogP contribution in [-0.2, 0) is 0 Å². The van der Waals surface area contributed by atoms with Gasteiger partial charge in [0, 0.05) is 8.95 Å². The molecule has 0 atom stereocenters. The molecule has 0 unspecified atom stereocenters. The van der Waals surface area contributed by atoms with Crippen molar-refractivity contribution in [2.75, 3.05) is 0 Å². The molecule has 0 radical (unpaired) electrons. The molecule has 0 saturated carbocycles. The van der Waals surface area contributed by atoms with Gasteiger partial charge >= 0.3 is 7.32 Å². The maximum absolute atomic E-state index is 7.17. The summed E-state index contributed by atoms with van der Waals surface area (Å²) in [6.07, 6.45) is 0. The van der Waals surface area contributed by atoms with Crippen LogP contribution in [0.3, 0.4) is 0 Å². The summed E-state index contributed by atoms with van der Waals surface area (Å²) < 4.78 is 2.34. The van der Waals surface area contributed by atoms with E-state index >= 15 is 0 Å². The summed E-state index contributed by atoms with van der Waals surface area (Å²) >= 11 is 7.39. The molecule has 3 aromatic rings. The zero-order valence-corrected chi connectivity index (χ0v) is 13.5. The van der Waals surface area contributed by atoms with Crippen LogP contribution in [0.15, 0.2) is 57.5 Å². The molecule has 0 aromatic heterocycles. The van der Waals surface area contributed by atoms with Gasteiger partial charge in [0.2, 0.25) is 0 Å². The van der Waals surface area contributed by atoms with E-state index in [1.807, 2.05) is 0 Å². The Morgan fingerprint density at radius 3 is 1.00 bits per heavy atom. The highest BCUT2D eigenvalue weighted by Gasteiger charge is 2.08. The van der Waals surface area contributed by atoms with E-state index in [0.717, 1.165) is 0 Å². The first-order valence-corrected chi connectivity index (χ1v) is 7.39. The van der Waals surface area contributed by atoms with Gasteiger partial charge in [-0.25, -0.2) is 0 Å². The highest BCUT2D eigenvalue weighted by molar-refractivity contribution is 9.11. The molecule has 3 aromatic carbocycles. The molecule has 20 heavy (non-hydrogen) atoms. The Balaban J connectivity index is 0.000000328. The van der Waals surface area contributed by atoms with Gasteiger partial charge < -0.3 is 15.1 Å². The first kappa shape index (κ1) is 15.5. The zero-order chi connectivity index (χ0) is 14.7. The van der Waals surface area contributed by atoms with E-state index < -0.39 is 7.32 Å². The van der Waals surface area contributed by atoms with E-state index in [-0.39, 0.29) is 0 Å². The topological polar surface area (TPSA) is 60.7 Å². The molecule has 0 fully saturated rings. The van der Waals surface area contributed by atoms with E-state index in [9.17, 15) is 0 Å². The van der Waals surface area contributed by atoms with E-state index in [2.05, 4.69) is 80.4 Å². The molecule has 0 bridgehead atoms. The number of rotatable bonds is 0. The van der Waals surface area contributed by atoms with Gasteiger partial charge in [-0.15, -0.1) is 0 Å². The number of benzene rings is 3. The SMILES string of the molecule is Brc1c2ccccc2c(Br)c2ccccc12.OB(O)O. The van der Waals surface area contributed by atoms with Crippen molar-refractivity contribution in [1.29, 1.82) is 0 Å². The lowest BCUT2D eigenvalue weighted by atomic mass is 10.0. The molecule has 0 heterocycles. The van der Waals surface area contributed by atoms with Crippen LogP contribution in [0.5, 0.6) is 0 Å². The van der Waals surface area contributed by atoms with E-state index in [1.165, 1.54) is 30.5 Å². The number of hydrogen-bond acceptors (Lipinski definition) is 3.